The Labute approximate surface area is 128 Å². The van der Waals surface area contributed by atoms with Crippen LogP contribution >= 0.6 is 15.9 Å². The first-order valence-corrected chi connectivity index (χ1v) is 7.78. The molecule has 0 bridgehead atoms. The molecule has 2 rings (SSSR count). The van der Waals surface area contributed by atoms with Crippen molar-refractivity contribution >= 4 is 21.8 Å². The number of carbonyl (C=O) groups excluding carboxylic acids is 1. The number of morpholine rings is 1. The first-order chi connectivity index (χ1) is 9.65. The number of rotatable bonds is 5. The normalized spacial score (nSPS) is 17.0. The van der Waals surface area contributed by atoms with E-state index in [0.717, 1.165) is 10.9 Å². The average molecular weight is 341 g/mol. The quantitative estimate of drug-likeness (QED) is 0.889. The Morgan fingerprint density at radius 1 is 1.35 bits per heavy atom. The van der Waals surface area contributed by atoms with Crippen molar-refractivity contribution in [3.63, 3.8) is 0 Å². The van der Waals surface area contributed by atoms with Crippen molar-refractivity contribution in [3.05, 3.63) is 34.3 Å². The maximum atomic E-state index is 12.0. The van der Waals surface area contributed by atoms with Crippen molar-refractivity contribution in [2.24, 2.45) is 0 Å². The largest absolute Gasteiger partial charge is 0.378 e. The Morgan fingerprint density at radius 3 is 2.65 bits per heavy atom. The SMILES string of the molecule is C[C@@H](Cc1ccc(Br)cc1)NCC(=O)N1CCOCC1. The van der Waals surface area contributed by atoms with Crippen molar-refractivity contribution in [3.8, 4) is 0 Å². The van der Waals surface area contributed by atoms with Crippen LogP contribution in [0.1, 0.15) is 12.5 Å². The number of benzene rings is 1. The van der Waals surface area contributed by atoms with E-state index in [-0.39, 0.29) is 11.9 Å². The van der Waals surface area contributed by atoms with Gasteiger partial charge in [-0.15, -0.1) is 0 Å². The summed E-state index contributed by atoms with van der Waals surface area (Å²) in [6, 6.07) is 8.57. The second-order valence-electron chi connectivity index (χ2n) is 5.11. The minimum atomic E-state index is 0.163. The summed E-state index contributed by atoms with van der Waals surface area (Å²) in [7, 11) is 0. The fourth-order valence-electron chi connectivity index (χ4n) is 2.23. The minimum Gasteiger partial charge on any atom is -0.378 e. The van der Waals surface area contributed by atoms with Gasteiger partial charge in [-0.1, -0.05) is 28.1 Å². The number of nitrogens with zero attached hydrogens (tertiary/aromatic N) is 1. The highest BCUT2D eigenvalue weighted by Gasteiger charge is 2.16. The van der Waals surface area contributed by atoms with Crippen molar-refractivity contribution in [1.82, 2.24) is 10.2 Å². The topological polar surface area (TPSA) is 41.6 Å². The van der Waals surface area contributed by atoms with Gasteiger partial charge in [0.1, 0.15) is 0 Å². The van der Waals surface area contributed by atoms with E-state index in [1.807, 2.05) is 17.0 Å². The van der Waals surface area contributed by atoms with Gasteiger partial charge in [-0.3, -0.25) is 4.79 Å². The summed E-state index contributed by atoms with van der Waals surface area (Å²) >= 11 is 3.43. The highest BCUT2D eigenvalue weighted by atomic mass is 79.9. The van der Waals surface area contributed by atoms with Crippen LogP contribution < -0.4 is 5.32 Å². The Bertz CT molecular complexity index is 430. The van der Waals surface area contributed by atoms with E-state index in [1.54, 1.807) is 0 Å². The molecular weight excluding hydrogens is 320 g/mol. The van der Waals surface area contributed by atoms with Gasteiger partial charge in [0, 0.05) is 23.6 Å². The van der Waals surface area contributed by atoms with E-state index in [1.165, 1.54) is 5.56 Å². The molecule has 1 aromatic carbocycles. The van der Waals surface area contributed by atoms with Gasteiger partial charge in [0.05, 0.1) is 19.8 Å². The first-order valence-electron chi connectivity index (χ1n) is 6.98. The molecule has 0 aliphatic carbocycles. The third-order valence-electron chi connectivity index (χ3n) is 3.42. The average Bonchev–Trinajstić information content (AvgIpc) is 2.48. The second-order valence-corrected chi connectivity index (χ2v) is 6.02. The van der Waals surface area contributed by atoms with Crippen molar-refractivity contribution in [2.45, 2.75) is 19.4 Å². The summed E-state index contributed by atoms with van der Waals surface area (Å²) < 4.78 is 6.33. The molecule has 1 fully saturated rings. The molecule has 1 aliphatic rings. The molecule has 4 nitrogen and oxygen atoms in total. The highest BCUT2D eigenvalue weighted by Crippen LogP contribution is 2.11. The van der Waals surface area contributed by atoms with Crippen molar-refractivity contribution in [2.75, 3.05) is 32.8 Å². The van der Waals surface area contributed by atoms with Crippen LogP contribution in [-0.4, -0.2) is 49.7 Å². The molecule has 1 heterocycles. The van der Waals surface area contributed by atoms with E-state index in [9.17, 15) is 4.79 Å². The van der Waals surface area contributed by atoms with Crippen molar-refractivity contribution in [1.29, 1.82) is 0 Å². The molecule has 1 aliphatic heterocycles. The zero-order valence-electron chi connectivity index (χ0n) is 11.8. The van der Waals surface area contributed by atoms with E-state index in [2.05, 4.69) is 40.3 Å². The molecule has 0 unspecified atom stereocenters. The molecule has 20 heavy (non-hydrogen) atoms. The Morgan fingerprint density at radius 2 is 2.00 bits per heavy atom. The van der Waals surface area contributed by atoms with Crippen molar-refractivity contribution < 1.29 is 9.53 Å². The Kier molecular flexibility index (Phi) is 6.01. The van der Waals surface area contributed by atoms with Gasteiger partial charge < -0.3 is 15.0 Å². The zero-order valence-corrected chi connectivity index (χ0v) is 13.4. The monoisotopic (exact) mass is 340 g/mol. The molecule has 0 radical (unpaired) electrons. The molecule has 1 atom stereocenters. The van der Waals surface area contributed by atoms with Crippen LogP contribution in [-0.2, 0) is 16.0 Å². The van der Waals surface area contributed by atoms with Gasteiger partial charge in [-0.25, -0.2) is 0 Å². The number of halogens is 1. The molecule has 5 heteroatoms. The summed E-state index contributed by atoms with van der Waals surface area (Å²) in [5, 5.41) is 3.30. The number of hydrogen-bond acceptors (Lipinski definition) is 3. The lowest BCUT2D eigenvalue weighted by Crippen LogP contribution is -2.46. The molecule has 0 saturated carbocycles. The van der Waals surface area contributed by atoms with Gasteiger partial charge in [0.15, 0.2) is 0 Å². The summed E-state index contributed by atoms with van der Waals surface area (Å²) in [6.07, 6.45) is 0.920. The maximum absolute atomic E-state index is 12.0. The summed E-state index contributed by atoms with van der Waals surface area (Å²) in [5.74, 6) is 0.163. The van der Waals surface area contributed by atoms with Crippen LogP contribution in [0.25, 0.3) is 0 Å². The molecule has 1 N–H and O–H groups in total. The molecular formula is C15H21BrN2O2. The predicted molar refractivity (Wildman–Crippen MR) is 82.7 cm³/mol. The van der Waals surface area contributed by atoms with E-state index in [4.69, 9.17) is 4.74 Å². The van der Waals surface area contributed by atoms with Gasteiger partial charge in [-0.05, 0) is 31.0 Å². The first kappa shape index (κ1) is 15.5. The minimum absolute atomic E-state index is 0.163. The molecule has 0 spiro atoms. The van der Waals surface area contributed by atoms with Gasteiger partial charge in [0.25, 0.3) is 0 Å². The lowest BCUT2D eigenvalue weighted by molar-refractivity contribution is -0.134. The van der Waals surface area contributed by atoms with Crippen LogP contribution in [0, 0.1) is 0 Å². The lowest BCUT2D eigenvalue weighted by atomic mass is 10.1. The van der Waals surface area contributed by atoms with Gasteiger partial charge >= 0.3 is 0 Å². The van der Waals surface area contributed by atoms with E-state index < -0.39 is 0 Å². The number of hydrogen-bond donors (Lipinski definition) is 1. The zero-order chi connectivity index (χ0) is 14.4. The second kappa shape index (κ2) is 7.76. The summed E-state index contributed by atoms with van der Waals surface area (Å²) in [4.78, 5) is 13.9. The fourth-order valence-corrected chi connectivity index (χ4v) is 2.50. The van der Waals surface area contributed by atoms with Crippen LogP contribution in [0.5, 0.6) is 0 Å². The molecule has 1 amide bonds. The van der Waals surface area contributed by atoms with E-state index in [0.29, 0.717) is 32.8 Å². The molecule has 1 saturated heterocycles. The molecule has 110 valence electrons. The van der Waals surface area contributed by atoms with Gasteiger partial charge in [0.2, 0.25) is 5.91 Å². The Balaban J connectivity index is 1.72. The third kappa shape index (κ3) is 4.89. The molecule has 1 aromatic rings. The number of carbonyl (C=O) groups is 1. The number of amides is 1. The van der Waals surface area contributed by atoms with Crippen LogP contribution in [0.4, 0.5) is 0 Å². The van der Waals surface area contributed by atoms with Crippen LogP contribution in [0.15, 0.2) is 28.7 Å². The predicted octanol–water partition coefficient (Wildman–Crippen LogP) is 1.83. The highest BCUT2D eigenvalue weighted by molar-refractivity contribution is 9.10. The fraction of sp³-hybridized carbons (Fsp3) is 0.533. The third-order valence-corrected chi connectivity index (χ3v) is 3.95. The van der Waals surface area contributed by atoms with Gasteiger partial charge in [-0.2, -0.15) is 0 Å². The smallest absolute Gasteiger partial charge is 0.236 e. The summed E-state index contributed by atoms with van der Waals surface area (Å²) in [6.45, 7) is 5.23. The van der Waals surface area contributed by atoms with Crippen LogP contribution in [0.2, 0.25) is 0 Å². The summed E-state index contributed by atoms with van der Waals surface area (Å²) in [5.41, 5.74) is 1.27. The standard InChI is InChI=1S/C15H21BrN2O2/c1-12(10-13-2-4-14(16)5-3-13)17-11-15(19)18-6-8-20-9-7-18/h2-5,12,17H,6-11H2,1H3/t12-/m0/s1. The maximum Gasteiger partial charge on any atom is 0.236 e. The number of ether oxygens (including phenoxy) is 1. The number of nitrogens with one attached hydrogen (secondary N) is 1. The van der Waals surface area contributed by atoms with E-state index >= 15 is 0 Å². The molecule has 0 aromatic heterocycles. The Hall–Kier alpha value is -0.910. The van der Waals surface area contributed by atoms with Crippen LogP contribution in [0.3, 0.4) is 0 Å². The lowest BCUT2D eigenvalue weighted by Gasteiger charge is -2.27.